The molecular formula is C10H5BrClFN2O. The Kier molecular flexibility index (Phi) is 3.36. The summed E-state index contributed by atoms with van der Waals surface area (Å²) in [5.41, 5.74) is 0. The van der Waals surface area contributed by atoms with E-state index in [2.05, 4.69) is 25.9 Å². The van der Waals surface area contributed by atoms with Gasteiger partial charge < -0.3 is 4.74 Å². The van der Waals surface area contributed by atoms with Gasteiger partial charge in [-0.1, -0.05) is 0 Å². The van der Waals surface area contributed by atoms with Gasteiger partial charge in [0.1, 0.15) is 11.6 Å². The molecule has 1 heterocycles. The van der Waals surface area contributed by atoms with E-state index in [-0.39, 0.29) is 17.0 Å². The molecule has 0 unspecified atom stereocenters. The van der Waals surface area contributed by atoms with E-state index >= 15 is 0 Å². The first-order valence-electron chi connectivity index (χ1n) is 4.26. The Morgan fingerprint density at radius 2 is 1.94 bits per heavy atom. The van der Waals surface area contributed by atoms with Crippen molar-refractivity contribution in [2.24, 2.45) is 0 Å². The van der Waals surface area contributed by atoms with Crippen molar-refractivity contribution < 1.29 is 9.13 Å². The lowest BCUT2D eigenvalue weighted by molar-refractivity contribution is 0.456. The number of hydrogen-bond acceptors (Lipinski definition) is 3. The summed E-state index contributed by atoms with van der Waals surface area (Å²) >= 11 is 8.84. The highest BCUT2D eigenvalue weighted by Crippen LogP contribution is 2.27. The SMILES string of the molecule is Fc1ccc(Oc2nc(Cl)ncc2Br)cc1. The van der Waals surface area contributed by atoms with Crippen LogP contribution in [0.25, 0.3) is 0 Å². The fourth-order valence-electron chi connectivity index (χ4n) is 1.02. The number of aromatic nitrogens is 2. The van der Waals surface area contributed by atoms with Gasteiger partial charge in [0.05, 0.1) is 4.47 Å². The Labute approximate surface area is 104 Å². The summed E-state index contributed by atoms with van der Waals surface area (Å²) in [5, 5.41) is 0.0836. The Hall–Kier alpha value is -1.20. The minimum absolute atomic E-state index is 0.0836. The van der Waals surface area contributed by atoms with E-state index in [1.165, 1.54) is 30.5 Å². The van der Waals surface area contributed by atoms with Gasteiger partial charge in [0.25, 0.3) is 0 Å². The molecule has 1 aromatic carbocycles. The van der Waals surface area contributed by atoms with Crippen molar-refractivity contribution >= 4 is 27.5 Å². The zero-order chi connectivity index (χ0) is 11.5. The highest BCUT2D eigenvalue weighted by molar-refractivity contribution is 9.10. The summed E-state index contributed by atoms with van der Waals surface area (Å²) in [6.45, 7) is 0. The molecule has 6 heteroatoms. The van der Waals surface area contributed by atoms with E-state index < -0.39 is 0 Å². The number of hydrogen-bond donors (Lipinski definition) is 0. The average molecular weight is 304 g/mol. The Morgan fingerprint density at radius 3 is 2.62 bits per heavy atom. The van der Waals surface area contributed by atoms with Crippen molar-refractivity contribution in [3.63, 3.8) is 0 Å². The molecule has 1 aromatic heterocycles. The molecule has 0 aliphatic heterocycles. The summed E-state index contributed by atoms with van der Waals surface area (Å²) < 4.78 is 18.6. The second-order valence-electron chi connectivity index (χ2n) is 2.85. The molecule has 0 saturated carbocycles. The van der Waals surface area contributed by atoms with Gasteiger partial charge >= 0.3 is 0 Å². The van der Waals surface area contributed by atoms with Crippen LogP contribution < -0.4 is 4.74 Å². The zero-order valence-electron chi connectivity index (χ0n) is 7.82. The van der Waals surface area contributed by atoms with Gasteiger partial charge in [0, 0.05) is 6.20 Å². The molecule has 0 spiro atoms. The highest BCUT2D eigenvalue weighted by atomic mass is 79.9. The Morgan fingerprint density at radius 1 is 1.25 bits per heavy atom. The van der Waals surface area contributed by atoms with Crippen LogP contribution in [0.3, 0.4) is 0 Å². The molecule has 2 rings (SSSR count). The minimum atomic E-state index is -0.327. The van der Waals surface area contributed by atoms with Crippen molar-refractivity contribution in [1.29, 1.82) is 0 Å². The molecule has 2 aromatic rings. The minimum Gasteiger partial charge on any atom is -0.438 e. The molecule has 3 nitrogen and oxygen atoms in total. The van der Waals surface area contributed by atoms with E-state index in [4.69, 9.17) is 16.3 Å². The van der Waals surface area contributed by atoms with Crippen LogP contribution in [-0.2, 0) is 0 Å². The van der Waals surface area contributed by atoms with Crippen molar-refractivity contribution in [3.8, 4) is 11.6 Å². The maximum absolute atomic E-state index is 12.7. The zero-order valence-corrected chi connectivity index (χ0v) is 10.2. The second-order valence-corrected chi connectivity index (χ2v) is 4.04. The van der Waals surface area contributed by atoms with Crippen molar-refractivity contribution in [2.75, 3.05) is 0 Å². The van der Waals surface area contributed by atoms with Crippen LogP contribution in [0, 0.1) is 5.82 Å². The number of rotatable bonds is 2. The van der Waals surface area contributed by atoms with Crippen molar-refractivity contribution in [2.45, 2.75) is 0 Å². The van der Waals surface area contributed by atoms with Crippen LogP contribution in [0.2, 0.25) is 5.28 Å². The molecule has 0 radical (unpaired) electrons. The number of nitrogens with zero attached hydrogens (tertiary/aromatic N) is 2. The molecule has 0 atom stereocenters. The standard InChI is InChI=1S/C10H5BrClFN2O/c11-8-5-14-10(12)15-9(8)16-7-3-1-6(13)2-4-7/h1-5H. The maximum Gasteiger partial charge on any atom is 0.237 e. The van der Waals surface area contributed by atoms with Gasteiger partial charge in [-0.05, 0) is 51.8 Å². The van der Waals surface area contributed by atoms with Gasteiger partial charge in [-0.3, -0.25) is 0 Å². The molecule has 0 aliphatic carbocycles. The largest absolute Gasteiger partial charge is 0.438 e. The average Bonchev–Trinajstić information content (AvgIpc) is 2.27. The van der Waals surface area contributed by atoms with E-state index in [1.807, 2.05) is 0 Å². The molecule has 0 amide bonds. The molecular weight excluding hydrogens is 298 g/mol. The quantitative estimate of drug-likeness (QED) is 0.791. The van der Waals surface area contributed by atoms with Crippen LogP contribution in [0.5, 0.6) is 11.6 Å². The summed E-state index contributed by atoms with van der Waals surface area (Å²) in [6, 6.07) is 5.59. The topological polar surface area (TPSA) is 35.0 Å². The van der Waals surface area contributed by atoms with E-state index in [1.54, 1.807) is 0 Å². The highest BCUT2D eigenvalue weighted by Gasteiger charge is 2.06. The van der Waals surface area contributed by atoms with Gasteiger partial charge in [-0.25, -0.2) is 9.37 Å². The third-order valence-corrected chi connectivity index (χ3v) is 2.44. The number of ether oxygens (including phenoxy) is 1. The third-order valence-electron chi connectivity index (χ3n) is 1.71. The summed E-state index contributed by atoms with van der Waals surface area (Å²) in [4.78, 5) is 7.64. The molecule has 0 fully saturated rings. The molecule has 0 bridgehead atoms. The van der Waals surface area contributed by atoms with E-state index in [0.717, 1.165) is 0 Å². The first-order chi connectivity index (χ1) is 7.65. The van der Waals surface area contributed by atoms with Crippen LogP contribution >= 0.6 is 27.5 Å². The Bertz CT molecular complexity index is 507. The van der Waals surface area contributed by atoms with Crippen molar-refractivity contribution in [3.05, 3.63) is 46.0 Å². The van der Waals surface area contributed by atoms with Gasteiger partial charge in [-0.2, -0.15) is 4.98 Å². The summed E-state index contributed by atoms with van der Waals surface area (Å²) in [6.07, 6.45) is 1.48. The van der Waals surface area contributed by atoms with E-state index in [9.17, 15) is 4.39 Å². The second kappa shape index (κ2) is 4.76. The summed E-state index contributed by atoms with van der Waals surface area (Å²) in [5.74, 6) is 0.426. The van der Waals surface area contributed by atoms with Crippen LogP contribution in [-0.4, -0.2) is 9.97 Å². The fourth-order valence-corrected chi connectivity index (χ4v) is 1.41. The lowest BCUT2D eigenvalue weighted by atomic mass is 10.3. The molecule has 0 aliphatic rings. The number of benzene rings is 1. The first-order valence-corrected chi connectivity index (χ1v) is 5.44. The van der Waals surface area contributed by atoms with Crippen LogP contribution in [0.4, 0.5) is 4.39 Å². The normalized spacial score (nSPS) is 10.2. The third kappa shape index (κ3) is 2.68. The predicted molar refractivity (Wildman–Crippen MR) is 61.2 cm³/mol. The molecule has 16 heavy (non-hydrogen) atoms. The smallest absolute Gasteiger partial charge is 0.237 e. The molecule has 0 N–H and O–H groups in total. The molecule has 82 valence electrons. The monoisotopic (exact) mass is 302 g/mol. The lowest BCUT2D eigenvalue weighted by Gasteiger charge is -2.05. The van der Waals surface area contributed by atoms with Crippen molar-refractivity contribution in [1.82, 2.24) is 9.97 Å². The van der Waals surface area contributed by atoms with Gasteiger partial charge in [-0.15, -0.1) is 0 Å². The number of halogens is 3. The Balaban J connectivity index is 2.26. The van der Waals surface area contributed by atoms with Crippen LogP contribution in [0.1, 0.15) is 0 Å². The van der Waals surface area contributed by atoms with Crippen LogP contribution in [0.15, 0.2) is 34.9 Å². The lowest BCUT2D eigenvalue weighted by Crippen LogP contribution is -1.91. The van der Waals surface area contributed by atoms with Gasteiger partial charge in [0.15, 0.2) is 0 Å². The van der Waals surface area contributed by atoms with Gasteiger partial charge in [0.2, 0.25) is 11.2 Å². The predicted octanol–water partition coefficient (Wildman–Crippen LogP) is 3.82. The fraction of sp³-hybridized carbons (Fsp3) is 0. The maximum atomic E-state index is 12.7. The van der Waals surface area contributed by atoms with E-state index in [0.29, 0.717) is 10.2 Å². The summed E-state index contributed by atoms with van der Waals surface area (Å²) in [7, 11) is 0. The first kappa shape index (κ1) is 11.3. The molecule has 0 saturated heterocycles.